The second-order valence-corrected chi connectivity index (χ2v) is 6.08. The lowest BCUT2D eigenvalue weighted by Gasteiger charge is -2.05. The quantitative estimate of drug-likeness (QED) is 0.650. The SMILES string of the molecule is CS(=O)CCCNC(=O)c1ccccc1I. The summed E-state index contributed by atoms with van der Waals surface area (Å²) < 4.78 is 11.8. The van der Waals surface area contributed by atoms with Crippen LogP contribution in [0.2, 0.25) is 0 Å². The molecule has 1 amide bonds. The van der Waals surface area contributed by atoms with Crippen molar-refractivity contribution in [1.29, 1.82) is 0 Å². The molecule has 1 rings (SSSR count). The third-order valence-electron chi connectivity index (χ3n) is 2.01. The van der Waals surface area contributed by atoms with E-state index in [1.807, 2.05) is 18.2 Å². The van der Waals surface area contributed by atoms with E-state index in [-0.39, 0.29) is 5.91 Å². The molecule has 3 nitrogen and oxygen atoms in total. The highest BCUT2D eigenvalue weighted by atomic mass is 127. The van der Waals surface area contributed by atoms with Gasteiger partial charge in [0.25, 0.3) is 5.91 Å². The van der Waals surface area contributed by atoms with Crippen LogP contribution in [-0.2, 0) is 10.8 Å². The van der Waals surface area contributed by atoms with Crippen LogP contribution < -0.4 is 5.32 Å². The van der Waals surface area contributed by atoms with Gasteiger partial charge in [0.1, 0.15) is 0 Å². The van der Waals surface area contributed by atoms with E-state index >= 15 is 0 Å². The monoisotopic (exact) mass is 351 g/mol. The molecule has 0 bridgehead atoms. The average Bonchev–Trinajstić information content (AvgIpc) is 2.24. The number of carbonyl (C=O) groups is 1. The average molecular weight is 351 g/mol. The summed E-state index contributed by atoms with van der Waals surface area (Å²) >= 11 is 2.14. The van der Waals surface area contributed by atoms with Gasteiger partial charge in [-0.3, -0.25) is 9.00 Å². The maximum absolute atomic E-state index is 11.7. The lowest BCUT2D eigenvalue weighted by molar-refractivity contribution is 0.0953. The molecule has 0 saturated heterocycles. The second-order valence-electron chi connectivity index (χ2n) is 3.37. The zero-order valence-electron chi connectivity index (χ0n) is 9.03. The summed E-state index contributed by atoms with van der Waals surface area (Å²) in [5.74, 6) is 0.568. The molecule has 0 aliphatic heterocycles. The molecule has 0 heterocycles. The molecule has 0 aliphatic carbocycles. The number of hydrogen-bond acceptors (Lipinski definition) is 2. The molecule has 0 aliphatic rings. The van der Waals surface area contributed by atoms with Crippen molar-refractivity contribution in [3.63, 3.8) is 0 Å². The van der Waals surface area contributed by atoms with Crippen molar-refractivity contribution in [2.24, 2.45) is 0 Å². The van der Waals surface area contributed by atoms with Gasteiger partial charge in [-0.15, -0.1) is 0 Å². The Labute approximate surface area is 112 Å². The minimum atomic E-state index is -0.782. The summed E-state index contributed by atoms with van der Waals surface area (Å²) in [4.78, 5) is 11.7. The van der Waals surface area contributed by atoms with Gasteiger partial charge in [0.05, 0.1) is 5.56 Å². The molecular weight excluding hydrogens is 337 g/mol. The molecule has 1 N–H and O–H groups in total. The number of nitrogens with one attached hydrogen (secondary N) is 1. The Kier molecular flexibility index (Phi) is 5.97. The highest BCUT2D eigenvalue weighted by Crippen LogP contribution is 2.10. The zero-order chi connectivity index (χ0) is 12.0. The minimum absolute atomic E-state index is 0.0631. The summed E-state index contributed by atoms with van der Waals surface area (Å²) in [5, 5.41) is 2.82. The molecule has 88 valence electrons. The van der Waals surface area contributed by atoms with Crippen molar-refractivity contribution in [2.75, 3.05) is 18.6 Å². The van der Waals surface area contributed by atoms with E-state index in [4.69, 9.17) is 0 Å². The summed E-state index contributed by atoms with van der Waals surface area (Å²) in [6.07, 6.45) is 2.42. The Morgan fingerprint density at radius 2 is 2.12 bits per heavy atom. The predicted molar refractivity (Wildman–Crippen MR) is 75.0 cm³/mol. The van der Waals surface area contributed by atoms with Gasteiger partial charge in [0, 0.05) is 32.9 Å². The van der Waals surface area contributed by atoms with Gasteiger partial charge in [-0.05, 0) is 41.1 Å². The van der Waals surface area contributed by atoms with Gasteiger partial charge in [0.2, 0.25) is 0 Å². The first kappa shape index (κ1) is 13.6. The predicted octanol–water partition coefficient (Wildman–Crippen LogP) is 1.79. The molecule has 1 atom stereocenters. The molecule has 16 heavy (non-hydrogen) atoms. The van der Waals surface area contributed by atoms with Gasteiger partial charge in [-0.25, -0.2) is 0 Å². The summed E-state index contributed by atoms with van der Waals surface area (Å²) in [6, 6.07) is 7.45. The Hall–Kier alpha value is -0.430. The van der Waals surface area contributed by atoms with Gasteiger partial charge in [-0.2, -0.15) is 0 Å². The van der Waals surface area contributed by atoms with E-state index in [9.17, 15) is 9.00 Å². The summed E-state index contributed by atoms with van der Waals surface area (Å²) in [6.45, 7) is 0.573. The Morgan fingerprint density at radius 3 is 2.75 bits per heavy atom. The fourth-order valence-electron chi connectivity index (χ4n) is 1.22. The highest BCUT2D eigenvalue weighted by Gasteiger charge is 2.07. The second kappa shape index (κ2) is 7.01. The minimum Gasteiger partial charge on any atom is -0.352 e. The first-order valence-electron chi connectivity index (χ1n) is 4.94. The molecule has 5 heteroatoms. The smallest absolute Gasteiger partial charge is 0.252 e. The lowest BCUT2D eigenvalue weighted by Crippen LogP contribution is -2.26. The van der Waals surface area contributed by atoms with Crippen molar-refractivity contribution in [3.05, 3.63) is 33.4 Å². The molecule has 0 aromatic heterocycles. The van der Waals surface area contributed by atoms with Crippen LogP contribution in [0.25, 0.3) is 0 Å². The standard InChI is InChI=1S/C11H14INO2S/c1-16(15)8-4-7-13-11(14)9-5-2-3-6-10(9)12/h2-3,5-6H,4,7-8H2,1H3,(H,13,14). The van der Waals surface area contributed by atoms with E-state index in [0.29, 0.717) is 17.9 Å². The molecule has 1 unspecified atom stereocenters. The van der Waals surface area contributed by atoms with Crippen molar-refractivity contribution < 1.29 is 9.00 Å². The van der Waals surface area contributed by atoms with Gasteiger partial charge in [-0.1, -0.05) is 12.1 Å². The third kappa shape index (κ3) is 4.61. The van der Waals surface area contributed by atoms with Crippen molar-refractivity contribution >= 4 is 39.3 Å². The van der Waals surface area contributed by atoms with Gasteiger partial charge in [0.15, 0.2) is 0 Å². The van der Waals surface area contributed by atoms with E-state index in [1.165, 1.54) is 0 Å². The third-order valence-corrected chi connectivity index (χ3v) is 3.82. The normalized spacial score (nSPS) is 12.1. The molecule has 0 fully saturated rings. The van der Waals surface area contributed by atoms with Crippen LogP contribution in [0.5, 0.6) is 0 Å². The lowest BCUT2D eigenvalue weighted by atomic mass is 10.2. The molecule has 0 spiro atoms. The molecule has 0 saturated carbocycles. The zero-order valence-corrected chi connectivity index (χ0v) is 12.0. The fourth-order valence-corrected chi connectivity index (χ4v) is 2.40. The van der Waals surface area contributed by atoms with Crippen molar-refractivity contribution in [3.8, 4) is 0 Å². The number of carbonyl (C=O) groups excluding carboxylic acids is 1. The fraction of sp³-hybridized carbons (Fsp3) is 0.364. The summed E-state index contributed by atoms with van der Waals surface area (Å²) in [7, 11) is -0.782. The maximum atomic E-state index is 11.7. The van der Waals surface area contributed by atoms with E-state index in [1.54, 1.807) is 12.3 Å². The van der Waals surface area contributed by atoms with Crippen LogP contribution in [0.15, 0.2) is 24.3 Å². The number of benzene rings is 1. The molecule has 0 radical (unpaired) electrons. The Bertz CT molecular complexity index is 395. The molecule has 1 aromatic rings. The van der Waals surface area contributed by atoms with Crippen LogP contribution >= 0.6 is 22.6 Å². The molecular formula is C11H14INO2S. The van der Waals surface area contributed by atoms with Crippen molar-refractivity contribution in [2.45, 2.75) is 6.42 Å². The Balaban J connectivity index is 2.41. The Morgan fingerprint density at radius 1 is 1.44 bits per heavy atom. The van der Waals surface area contributed by atoms with Crippen LogP contribution in [0.4, 0.5) is 0 Å². The topological polar surface area (TPSA) is 46.2 Å². The highest BCUT2D eigenvalue weighted by molar-refractivity contribution is 14.1. The van der Waals surface area contributed by atoms with E-state index in [0.717, 1.165) is 9.99 Å². The first-order valence-corrected chi connectivity index (χ1v) is 7.74. The number of rotatable bonds is 5. The van der Waals surface area contributed by atoms with Crippen LogP contribution in [0.3, 0.4) is 0 Å². The van der Waals surface area contributed by atoms with Crippen LogP contribution in [0, 0.1) is 3.57 Å². The number of amides is 1. The summed E-state index contributed by atoms with van der Waals surface area (Å²) in [5.41, 5.74) is 0.695. The van der Waals surface area contributed by atoms with Gasteiger partial charge >= 0.3 is 0 Å². The van der Waals surface area contributed by atoms with Crippen LogP contribution in [0.1, 0.15) is 16.8 Å². The maximum Gasteiger partial charge on any atom is 0.252 e. The van der Waals surface area contributed by atoms with E-state index < -0.39 is 10.8 Å². The number of halogens is 1. The van der Waals surface area contributed by atoms with Crippen LogP contribution in [-0.4, -0.2) is 28.7 Å². The largest absolute Gasteiger partial charge is 0.352 e. The van der Waals surface area contributed by atoms with E-state index in [2.05, 4.69) is 27.9 Å². The number of hydrogen-bond donors (Lipinski definition) is 1. The van der Waals surface area contributed by atoms with Crippen molar-refractivity contribution in [1.82, 2.24) is 5.32 Å². The molecule has 1 aromatic carbocycles. The van der Waals surface area contributed by atoms with Gasteiger partial charge < -0.3 is 5.32 Å². The first-order chi connectivity index (χ1) is 7.61.